The summed E-state index contributed by atoms with van der Waals surface area (Å²) in [4.78, 5) is 23.2. The molecule has 200 valence electrons. The number of nitrogens with zero attached hydrogens (tertiary/aromatic N) is 2. The maximum absolute atomic E-state index is 12.9. The number of ether oxygens (including phenoxy) is 2. The molecule has 1 amide bonds. The van der Waals surface area contributed by atoms with Gasteiger partial charge < -0.3 is 14.8 Å². The van der Waals surface area contributed by atoms with Gasteiger partial charge in [0.1, 0.15) is 36.4 Å². The van der Waals surface area contributed by atoms with Gasteiger partial charge in [-0.05, 0) is 83.9 Å². The second-order valence-electron chi connectivity index (χ2n) is 8.46. The van der Waals surface area contributed by atoms with E-state index in [0.29, 0.717) is 45.0 Å². The van der Waals surface area contributed by atoms with Crippen LogP contribution in [0.25, 0.3) is 6.08 Å². The quantitative estimate of drug-likeness (QED) is 0.0903. The minimum absolute atomic E-state index is 0.0244. The van der Waals surface area contributed by atoms with Gasteiger partial charge in [0.15, 0.2) is 0 Å². The van der Waals surface area contributed by atoms with Crippen LogP contribution in [0.5, 0.6) is 11.5 Å². The monoisotopic (exact) mass is 573 g/mol. The third kappa shape index (κ3) is 7.84. The number of nitrogens with one attached hydrogen (secondary N) is 1. The molecule has 0 spiro atoms. The molecule has 0 heterocycles. The topological polar surface area (TPSA) is 114 Å². The number of hydrogen-bond donors (Lipinski definition) is 1. The summed E-state index contributed by atoms with van der Waals surface area (Å²) in [5.41, 5.74) is 2.38. The smallest absolute Gasteiger partial charge is 0.269 e. The third-order valence-electron chi connectivity index (χ3n) is 5.61. The maximum atomic E-state index is 12.9. The zero-order valence-corrected chi connectivity index (χ0v) is 22.4. The van der Waals surface area contributed by atoms with E-state index in [2.05, 4.69) is 5.32 Å². The van der Waals surface area contributed by atoms with Crippen LogP contribution in [-0.4, -0.2) is 10.8 Å². The molecule has 0 aromatic heterocycles. The number of nitro benzene ring substituents is 1. The molecule has 40 heavy (non-hydrogen) atoms. The van der Waals surface area contributed by atoms with Gasteiger partial charge in [0.2, 0.25) is 0 Å². The minimum atomic E-state index is -0.612. The van der Waals surface area contributed by atoms with Crippen LogP contribution < -0.4 is 14.8 Å². The van der Waals surface area contributed by atoms with Gasteiger partial charge in [0, 0.05) is 33.4 Å². The first-order valence-electron chi connectivity index (χ1n) is 11.9. The van der Waals surface area contributed by atoms with Crippen molar-refractivity contribution < 1.29 is 19.2 Å². The Morgan fingerprint density at radius 2 is 1.48 bits per heavy atom. The summed E-state index contributed by atoms with van der Waals surface area (Å²) in [5.74, 6) is 0.377. The Hall–Kier alpha value is -4.84. The molecule has 10 heteroatoms. The van der Waals surface area contributed by atoms with Crippen LogP contribution >= 0.6 is 23.2 Å². The molecular weight excluding hydrogens is 553 g/mol. The van der Waals surface area contributed by atoms with E-state index in [4.69, 9.17) is 32.7 Å². The van der Waals surface area contributed by atoms with E-state index in [9.17, 15) is 20.2 Å². The van der Waals surface area contributed by atoms with Crippen molar-refractivity contribution in [2.75, 3.05) is 5.32 Å². The van der Waals surface area contributed by atoms with E-state index in [1.54, 1.807) is 66.7 Å². The molecule has 0 atom stereocenters. The van der Waals surface area contributed by atoms with E-state index in [1.807, 2.05) is 18.2 Å². The van der Waals surface area contributed by atoms with E-state index >= 15 is 0 Å². The molecule has 0 saturated carbocycles. The summed E-state index contributed by atoms with van der Waals surface area (Å²) in [5, 5.41) is 24.3. The fourth-order valence-corrected chi connectivity index (χ4v) is 3.83. The lowest BCUT2D eigenvalue weighted by atomic mass is 10.1. The fraction of sp³-hybridized carbons (Fsp3) is 0.0667. The number of benzene rings is 4. The van der Waals surface area contributed by atoms with Gasteiger partial charge in [-0.2, -0.15) is 5.26 Å². The van der Waals surface area contributed by atoms with Gasteiger partial charge in [0.05, 0.1) is 4.92 Å². The number of rotatable bonds is 10. The van der Waals surface area contributed by atoms with Crippen LogP contribution in [0.4, 0.5) is 11.4 Å². The zero-order chi connectivity index (χ0) is 28.5. The number of halogens is 2. The fourth-order valence-electron chi connectivity index (χ4n) is 3.52. The van der Waals surface area contributed by atoms with Crippen molar-refractivity contribution in [2.45, 2.75) is 13.2 Å². The van der Waals surface area contributed by atoms with Crippen molar-refractivity contribution >= 4 is 46.6 Å². The van der Waals surface area contributed by atoms with E-state index < -0.39 is 10.8 Å². The standard InChI is InChI=1S/C30H21Cl2N3O5/c31-24-5-1-20(2-6-24)18-39-28-12-8-26(9-13-28)34-30(36)23(17-33)15-22-16-25(32)7-14-29(22)40-19-21-3-10-27(11-4-21)35(37)38/h1-16H,18-19H2,(H,34,36)/b23-15+. The van der Waals surface area contributed by atoms with Crippen molar-refractivity contribution in [1.82, 2.24) is 0 Å². The Kier molecular flexibility index (Phi) is 9.36. The van der Waals surface area contributed by atoms with Gasteiger partial charge in [-0.1, -0.05) is 35.3 Å². The number of carbonyl (C=O) groups is 1. The summed E-state index contributed by atoms with van der Waals surface area (Å²) in [7, 11) is 0. The molecule has 0 unspecified atom stereocenters. The van der Waals surface area contributed by atoms with Crippen LogP contribution in [0.3, 0.4) is 0 Å². The Morgan fingerprint density at radius 1 is 0.875 bits per heavy atom. The molecule has 0 aliphatic heterocycles. The second-order valence-corrected chi connectivity index (χ2v) is 9.33. The molecule has 0 aliphatic carbocycles. The van der Waals surface area contributed by atoms with E-state index in [-0.39, 0.29) is 17.9 Å². The molecule has 4 aromatic rings. The SMILES string of the molecule is N#C/C(=C\c1cc(Cl)ccc1OCc1ccc([N+](=O)[O-])cc1)C(=O)Nc1ccc(OCc2ccc(Cl)cc2)cc1. The number of anilines is 1. The van der Waals surface area contributed by atoms with Crippen LogP contribution in [0.1, 0.15) is 16.7 Å². The van der Waals surface area contributed by atoms with Crippen molar-refractivity contribution in [2.24, 2.45) is 0 Å². The predicted molar refractivity (Wildman–Crippen MR) is 153 cm³/mol. The summed E-state index contributed by atoms with van der Waals surface area (Å²) in [6.45, 7) is 0.472. The van der Waals surface area contributed by atoms with Crippen molar-refractivity contribution in [3.8, 4) is 17.6 Å². The van der Waals surface area contributed by atoms with Gasteiger partial charge in [-0.3, -0.25) is 14.9 Å². The zero-order valence-electron chi connectivity index (χ0n) is 20.8. The molecule has 0 fully saturated rings. The second kappa shape index (κ2) is 13.3. The van der Waals surface area contributed by atoms with E-state index in [1.165, 1.54) is 18.2 Å². The summed E-state index contributed by atoms with van der Waals surface area (Å²) < 4.78 is 11.6. The van der Waals surface area contributed by atoms with Gasteiger partial charge >= 0.3 is 0 Å². The molecule has 1 N–H and O–H groups in total. The van der Waals surface area contributed by atoms with Crippen molar-refractivity contribution in [3.05, 3.63) is 133 Å². The highest BCUT2D eigenvalue weighted by Gasteiger charge is 2.13. The van der Waals surface area contributed by atoms with E-state index in [0.717, 1.165) is 5.56 Å². The van der Waals surface area contributed by atoms with Crippen molar-refractivity contribution in [1.29, 1.82) is 5.26 Å². The predicted octanol–water partition coefficient (Wildman–Crippen LogP) is 7.61. The molecule has 0 saturated heterocycles. The number of nitriles is 1. The highest BCUT2D eigenvalue weighted by molar-refractivity contribution is 6.31. The molecule has 4 aromatic carbocycles. The summed E-state index contributed by atoms with van der Waals surface area (Å²) >= 11 is 12.1. The van der Waals surface area contributed by atoms with Crippen LogP contribution in [0.2, 0.25) is 10.0 Å². The summed E-state index contributed by atoms with van der Waals surface area (Å²) in [6.07, 6.45) is 1.38. The first-order chi connectivity index (χ1) is 19.3. The Morgan fingerprint density at radius 3 is 2.10 bits per heavy atom. The maximum Gasteiger partial charge on any atom is 0.269 e. The minimum Gasteiger partial charge on any atom is -0.489 e. The molecular formula is C30H21Cl2N3O5. The van der Waals surface area contributed by atoms with Crippen molar-refractivity contribution in [3.63, 3.8) is 0 Å². The van der Waals surface area contributed by atoms with Gasteiger partial charge in [-0.25, -0.2) is 0 Å². The lowest BCUT2D eigenvalue weighted by Crippen LogP contribution is -2.13. The van der Waals surface area contributed by atoms with Crippen LogP contribution in [-0.2, 0) is 18.0 Å². The van der Waals surface area contributed by atoms with Crippen LogP contribution in [0, 0.1) is 21.4 Å². The van der Waals surface area contributed by atoms with Gasteiger partial charge in [0.25, 0.3) is 11.6 Å². The highest BCUT2D eigenvalue weighted by Crippen LogP contribution is 2.27. The molecule has 4 rings (SSSR count). The average molecular weight is 574 g/mol. The molecule has 0 aliphatic rings. The summed E-state index contributed by atoms with van der Waals surface area (Å²) in [6, 6.07) is 26.8. The van der Waals surface area contributed by atoms with Crippen LogP contribution in [0.15, 0.2) is 96.6 Å². The lowest BCUT2D eigenvalue weighted by Gasteiger charge is -2.11. The molecule has 0 radical (unpaired) electrons. The number of hydrogen-bond acceptors (Lipinski definition) is 6. The Labute approximate surface area is 240 Å². The first-order valence-corrected chi connectivity index (χ1v) is 12.6. The number of carbonyl (C=O) groups excluding carboxylic acids is 1. The normalized spacial score (nSPS) is 10.9. The number of nitro groups is 1. The Bertz CT molecular complexity index is 1580. The number of non-ortho nitro benzene ring substituents is 1. The average Bonchev–Trinajstić information content (AvgIpc) is 2.96. The first kappa shape index (κ1) is 28.2. The molecule has 8 nitrogen and oxygen atoms in total. The third-order valence-corrected chi connectivity index (χ3v) is 6.10. The Balaban J connectivity index is 1.41. The molecule has 0 bridgehead atoms. The highest BCUT2D eigenvalue weighted by atomic mass is 35.5. The largest absolute Gasteiger partial charge is 0.489 e. The number of amides is 1. The van der Waals surface area contributed by atoms with Gasteiger partial charge in [-0.15, -0.1) is 0 Å². The lowest BCUT2D eigenvalue weighted by molar-refractivity contribution is -0.384.